The van der Waals surface area contributed by atoms with Crippen LogP contribution in [-0.2, 0) is 13.0 Å². The van der Waals surface area contributed by atoms with Crippen LogP contribution in [0, 0.1) is 0 Å². The van der Waals surface area contributed by atoms with Crippen LogP contribution in [0.25, 0.3) is 0 Å². The minimum absolute atomic E-state index is 0.653. The largest absolute Gasteiger partial charge is 0.469 e. The average molecular weight is 209 g/mol. The number of hydrogen-bond acceptors (Lipinski definition) is 4. The minimum atomic E-state index is 0.653. The highest BCUT2D eigenvalue weighted by molar-refractivity contribution is 5.13. The van der Waals surface area contributed by atoms with Gasteiger partial charge >= 0.3 is 0 Å². The van der Waals surface area contributed by atoms with Crippen molar-refractivity contribution in [2.45, 2.75) is 13.0 Å². The van der Waals surface area contributed by atoms with Gasteiger partial charge in [0.05, 0.1) is 6.26 Å². The third-order valence-corrected chi connectivity index (χ3v) is 2.71. The summed E-state index contributed by atoms with van der Waals surface area (Å²) in [5.74, 6) is 1.00. The van der Waals surface area contributed by atoms with E-state index in [1.165, 1.54) is 5.56 Å². The summed E-state index contributed by atoms with van der Waals surface area (Å²) >= 11 is 0. The molecule has 4 heteroatoms. The molecule has 1 aliphatic heterocycles. The number of nitrogens with zero attached hydrogens (tertiary/aromatic N) is 1. The van der Waals surface area contributed by atoms with Gasteiger partial charge in [-0.2, -0.15) is 0 Å². The fourth-order valence-corrected chi connectivity index (χ4v) is 1.91. The fourth-order valence-electron chi connectivity index (χ4n) is 1.91. The van der Waals surface area contributed by atoms with Gasteiger partial charge in [0.15, 0.2) is 0 Å². The maximum Gasteiger partial charge on any atom is 0.105 e. The first-order valence-corrected chi connectivity index (χ1v) is 5.58. The molecule has 1 fully saturated rings. The molecular formula is C11H19N3O. The van der Waals surface area contributed by atoms with Gasteiger partial charge in [-0.1, -0.05) is 0 Å². The summed E-state index contributed by atoms with van der Waals surface area (Å²) in [4.78, 5) is 2.44. The Bertz CT molecular complexity index is 292. The molecule has 0 bridgehead atoms. The van der Waals surface area contributed by atoms with Crippen LogP contribution in [0.2, 0.25) is 0 Å². The van der Waals surface area contributed by atoms with Crippen molar-refractivity contribution in [3.63, 3.8) is 0 Å². The van der Waals surface area contributed by atoms with Crippen molar-refractivity contribution in [2.75, 3.05) is 32.7 Å². The van der Waals surface area contributed by atoms with E-state index in [0.29, 0.717) is 6.54 Å². The number of piperazine rings is 1. The number of nitrogens with two attached hydrogens (primary N) is 1. The Morgan fingerprint density at radius 2 is 2.20 bits per heavy atom. The van der Waals surface area contributed by atoms with Crippen LogP contribution in [-0.4, -0.2) is 37.6 Å². The first kappa shape index (κ1) is 10.7. The van der Waals surface area contributed by atoms with Crippen LogP contribution in [0.5, 0.6) is 0 Å². The molecule has 1 aliphatic rings. The monoisotopic (exact) mass is 209 g/mol. The molecule has 1 aromatic rings. The van der Waals surface area contributed by atoms with E-state index in [9.17, 15) is 0 Å². The summed E-state index contributed by atoms with van der Waals surface area (Å²) in [6, 6.07) is 2.12. The van der Waals surface area contributed by atoms with Crippen LogP contribution >= 0.6 is 0 Å². The topological polar surface area (TPSA) is 54.4 Å². The number of hydrogen-bond donors (Lipinski definition) is 2. The Balaban J connectivity index is 1.86. The van der Waals surface area contributed by atoms with Gasteiger partial charge < -0.3 is 15.5 Å². The lowest BCUT2D eigenvalue weighted by Gasteiger charge is -2.26. The zero-order valence-corrected chi connectivity index (χ0v) is 9.04. The van der Waals surface area contributed by atoms with Gasteiger partial charge in [-0.25, -0.2) is 0 Å². The van der Waals surface area contributed by atoms with Crippen molar-refractivity contribution in [1.82, 2.24) is 10.2 Å². The van der Waals surface area contributed by atoms with E-state index in [4.69, 9.17) is 10.2 Å². The molecule has 0 aliphatic carbocycles. The predicted octanol–water partition coefficient (Wildman–Crippen LogP) is 0.186. The molecule has 84 valence electrons. The van der Waals surface area contributed by atoms with Gasteiger partial charge in [-0.05, 0) is 12.6 Å². The predicted molar refractivity (Wildman–Crippen MR) is 59.6 cm³/mol. The maximum atomic E-state index is 5.48. The molecule has 0 saturated carbocycles. The van der Waals surface area contributed by atoms with Crippen LogP contribution in [0.1, 0.15) is 11.3 Å². The van der Waals surface area contributed by atoms with Crippen molar-refractivity contribution in [3.8, 4) is 0 Å². The quantitative estimate of drug-likeness (QED) is 0.743. The lowest BCUT2D eigenvalue weighted by molar-refractivity contribution is 0.232. The third-order valence-electron chi connectivity index (χ3n) is 2.71. The Hall–Kier alpha value is -0.840. The smallest absolute Gasteiger partial charge is 0.105 e. The second kappa shape index (κ2) is 5.30. The first-order chi connectivity index (χ1) is 7.38. The molecule has 0 amide bonds. The Kier molecular flexibility index (Phi) is 3.77. The Labute approximate surface area is 90.4 Å². The van der Waals surface area contributed by atoms with Crippen molar-refractivity contribution in [2.24, 2.45) is 5.73 Å². The van der Waals surface area contributed by atoms with E-state index in [0.717, 1.165) is 44.9 Å². The van der Waals surface area contributed by atoms with Crippen molar-refractivity contribution < 1.29 is 4.42 Å². The molecule has 15 heavy (non-hydrogen) atoms. The molecule has 2 rings (SSSR count). The molecule has 3 N–H and O–H groups in total. The van der Waals surface area contributed by atoms with E-state index < -0.39 is 0 Å². The van der Waals surface area contributed by atoms with Crippen molar-refractivity contribution in [1.29, 1.82) is 0 Å². The Morgan fingerprint density at radius 3 is 2.93 bits per heavy atom. The molecule has 1 aromatic heterocycles. The van der Waals surface area contributed by atoms with E-state index in [-0.39, 0.29) is 0 Å². The van der Waals surface area contributed by atoms with E-state index >= 15 is 0 Å². The van der Waals surface area contributed by atoms with Crippen LogP contribution in [0.15, 0.2) is 16.7 Å². The van der Waals surface area contributed by atoms with Crippen molar-refractivity contribution in [3.05, 3.63) is 23.7 Å². The highest BCUT2D eigenvalue weighted by Gasteiger charge is 2.11. The molecule has 4 nitrogen and oxygen atoms in total. The summed E-state index contributed by atoms with van der Waals surface area (Å²) in [5, 5.41) is 3.34. The van der Waals surface area contributed by atoms with Gasteiger partial charge in [-0.3, -0.25) is 4.90 Å². The van der Waals surface area contributed by atoms with Gasteiger partial charge in [0.25, 0.3) is 0 Å². The van der Waals surface area contributed by atoms with E-state index in [1.54, 1.807) is 0 Å². The van der Waals surface area contributed by atoms with Gasteiger partial charge in [0.2, 0.25) is 0 Å². The fraction of sp³-hybridized carbons (Fsp3) is 0.636. The Morgan fingerprint density at radius 1 is 1.40 bits per heavy atom. The van der Waals surface area contributed by atoms with Crippen LogP contribution in [0.3, 0.4) is 0 Å². The summed E-state index contributed by atoms with van der Waals surface area (Å²) in [6.07, 6.45) is 2.69. The van der Waals surface area contributed by atoms with Crippen molar-refractivity contribution >= 4 is 0 Å². The van der Waals surface area contributed by atoms with Gasteiger partial charge in [0, 0.05) is 44.7 Å². The molecule has 0 aromatic carbocycles. The second-order valence-corrected chi connectivity index (χ2v) is 3.99. The molecule has 0 atom stereocenters. The van der Waals surface area contributed by atoms with Crippen LogP contribution in [0.4, 0.5) is 0 Å². The SMILES string of the molecule is NCCc1cc(CN2CCNCC2)co1. The molecular weight excluding hydrogens is 190 g/mol. The zero-order chi connectivity index (χ0) is 10.5. The second-order valence-electron chi connectivity index (χ2n) is 3.99. The summed E-state index contributed by atoms with van der Waals surface area (Å²) in [7, 11) is 0. The molecule has 0 radical (unpaired) electrons. The number of nitrogens with one attached hydrogen (secondary N) is 1. The average Bonchev–Trinajstić information content (AvgIpc) is 2.68. The number of rotatable bonds is 4. The minimum Gasteiger partial charge on any atom is -0.469 e. The first-order valence-electron chi connectivity index (χ1n) is 5.58. The summed E-state index contributed by atoms with van der Waals surface area (Å²) < 4.78 is 5.42. The summed E-state index contributed by atoms with van der Waals surface area (Å²) in [5.41, 5.74) is 6.74. The van der Waals surface area contributed by atoms with Gasteiger partial charge in [0.1, 0.15) is 5.76 Å². The summed E-state index contributed by atoms with van der Waals surface area (Å²) in [6.45, 7) is 6.08. The standard InChI is InChI=1S/C11H19N3O/c12-2-1-11-7-10(9-15-11)8-14-5-3-13-4-6-14/h7,9,13H,1-6,8,12H2. The van der Waals surface area contributed by atoms with E-state index in [1.807, 2.05) is 6.26 Å². The lowest BCUT2D eigenvalue weighted by Crippen LogP contribution is -2.42. The van der Waals surface area contributed by atoms with Crippen LogP contribution < -0.4 is 11.1 Å². The molecule has 0 spiro atoms. The third kappa shape index (κ3) is 3.06. The number of furan rings is 1. The molecule has 2 heterocycles. The lowest BCUT2D eigenvalue weighted by atomic mass is 10.2. The maximum absolute atomic E-state index is 5.48. The van der Waals surface area contributed by atoms with Gasteiger partial charge in [-0.15, -0.1) is 0 Å². The highest BCUT2D eigenvalue weighted by Crippen LogP contribution is 2.11. The normalized spacial score (nSPS) is 18.2. The molecule has 1 saturated heterocycles. The highest BCUT2D eigenvalue weighted by atomic mass is 16.3. The zero-order valence-electron chi connectivity index (χ0n) is 9.04. The van der Waals surface area contributed by atoms with E-state index in [2.05, 4.69) is 16.3 Å². The molecule has 0 unspecified atom stereocenters.